The van der Waals surface area contributed by atoms with Crippen LogP contribution >= 0.6 is 0 Å². The number of aromatic nitrogens is 3. The minimum absolute atomic E-state index is 0.201. The molecule has 0 bridgehead atoms. The number of likely N-dealkylation sites (tertiary alicyclic amines) is 1. The van der Waals surface area contributed by atoms with Crippen LogP contribution in [0.25, 0.3) is 16.9 Å². The first-order valence-corrected chi connectivity index (χ1v) is 10.2. The van der Waals surface area contributed by atoms with Gasteiger partial charge in [-0.3, -0.25) is 0 Å². The molecule has 29 heavy (non-hydrogen) atoms. The molecule has 6 heteroatoms. The fourth-order valence-electron chi connectivity index (χ4n) is 3.88. The second-order valence-corrected chi connectivity index (χ2v) is 8.80. The summed E-state index contributed by atoms with van der Waals surface area (Å²) in [5.74, 6) is 0.201. The molecule has 2 aromatic heterocycles. The summed E-state index contributed by atoms with van der Waals surface area (Å²) >= 11 is 0. The average molecular weight is 393 g/mol. The summed E-state index contributed by atoms with van der Waals surface area (Å²) in [4.78, 5) is 18.9. The van der Waals surface area contributed by atoms with Gasteiger partial charge in [-0.1, -0.05) is 23.8 Å². The van der Waals surface area contributed by atoms with Crippen molar-refractivity contribution in [3.8, 4) is 11.3 Å². The zero-order chi connectivity index (χ0) is 20.6. The Balaban J connectivity index is 1.63. The lowest BCUT2D eigenvalue weighted by atomic mass is 9.95. The number of carbonyl (C=O) groups excluding carboxylic acids is 1. The number of ether oxygens (including phenoxy) is 1. The van der Waals surface area contributed by atoms with E-state index < -0.39 is 5.60 Å². The summed E-state index contributed by atoms with van der Waals surface area (Å²) in [5.41, 5.74) is 4.62. The Morgan fingerprint density at radius 1 is 1.21 bits per heavy atom. The Kier molecular flexibility index (Phi) is 5.03. The predicted octanol–water partition coefficient (Wildman–Crippen LogP) is 4.82. The standard InChI is InChI=1S/C23H28N4O2/c1-16-7-5-8-17(13-16)19-14-21-24-11-10-20(27(21)25-19)18-9-6-12-26(15-18)22(28)29-23(2,3)4/h5,7-8,10-11,13-14,18H,6,9,12,15H2,1-4H3/t18-/m1/s1. The number of amides is 1. The average Bonchev–Trinajstić information content (AvgIpc) is 3.11. The lowest BCUT2D eigenvalue weighted by molar-refractivity contribution is 0.0196. The fraction of sp³-hybridized carbons (Fsp3) is 0.435. The molecule has 4 rings (SSSR count). The maximum Gasteiger partial charge on any atom is 0.410 e. The summed E-state index contributed by atoms with van der Waals surface area (Å²) in [7, 11) is 0. The molecule has 0 unspecified atom stereocenters. The first-order valence-electron chi connectivity index (χ1n) is 10.2. The molecule has 0 aliphatic carbocycles. The zero-order valence-electron chi connectivity index (χ0n) is 17.6. The van der Waals surface area contributed by atoms with Crippen LogP contribution in [0.4, 0.5) is 4.79 Å². The van der Waals surface area contributed by atoms with Gasteiger partial charge in [0.1, 0.15) is 5.60 Å². The van der Waals surface area contributed by atoms with Gasteiger partial charge in [0.25, 0.3) is 0 Å². The molecule has 0 radical (unpaired) electrons. The van der Waals surface area contributed by atoms with Crippen LogP contribution in [0.3, 0.4) is 0 Å². The van der Waals surface area contributed by atoms with Crippen molar-refractivity contribution in [1.29, 1.82) is 0 Å². The van der Waals surface area contributed by atoms with E-state index in [1.807, 2.05) is 54.6 Å². The third kappa shape index (κ3) is 4.26. The minimum Gasteiger partial charge on any atom is -0.444 e. The Labute approximate surface area is 171 Å². The van der Waals surface area contributed by atoms with Crippen LogP contribution < -0.4 is 0 Å². The van der Waals surface area contributed by atoms with Gasteiger partial charge < -0.3 is 9.64 Å². The summed E-state index contributed by atoms with van der Waals surface area (Å²) in [6.07, 6.45) is 3.55. The highest BCUT2D eigenvalue weighted by Gasteiger charge is 2.29. The van der Waals surface area contributed by atoms with E-state index in [2.05, 4.69) is 30.1 Å². The Morgan fingerprint density at radius 3 is 2.79 bits per heavy atom. The van der Waals surface area contributed by atoms with Crippen molar-refractivity contribution >= 4 is 11.7 Å². The number of piperidine rings is 1. The first kappa shape index (κ1) is 19.4. The van der Waals surface area contributed by atoms with E-state index in [1.165, 1.54) is 5.56 Å². The van der Waals surface area contributed by atoms with E-state index in [0.29, 0.717) is 6.54 Å². The quantitative estimate of drug-likeness (QED) is 0.627. The first-order chi connectivity index (χ1) is 13.8. The second kappa shape index (κ2) is 7.50. The highest BCUT2D eigenvalue weighted by molar-refractivity contribution is 5.68. The van der Waals surface area contributed by atoms with E-state index in [-0.39, 0.29) is 12.0 Å². The molecule has 0 spiro atoms. The SMILES string of the molecule is Cc1cccc(-c2cc3nccc([C@@H]4CCCN(C(=O)OC(C)(C)C)C4)n3n2)c1. The van der Waals surface area contributed by atoms with Crippen LogP contribution in [-0.4, -0.2) is 44.3 Å². The van der Waals surface area contributed by atoms with Gasteiger partial charge in [0.05, 0.1) is 11.4 Å². The molecule has 0 N–H and O–H groups in total. The minimum atomic E-state index is -0.487. The third-order valence-electron chi connectivity index (χ3n) is 5.19. The van der Waals surface area contributed by atoms with Crippen molar-refractivity contribution in [3.63, 3.8) is 0 Å². The number of carbonyl (C=O) groups is 1. The molecule has 1 saturated heterocycles. The van der Waals surface area contributed by atoms with Crippen molar-refractivity contribution in [1.82, 2.24) is 19.5 Å². The normalized spacial score (nSPS) is 17.5. The molecule has 1 fully saturated rings. The van der Waals surface area contributed by atoms with Crippen molar-refractivity contribution in [2.24, 2.45) is 0 Å². The number of aryl methyl sites for hydroxylation is 1. The lowest BCUT2D eigenvalue weighted by Crippen LogP contribution is -2.42. The maximum atomic E-state index is 12.5. The highest BCUT2D eigenvalue weighted by atomic mass is 16.6. The van der Waals surface area contributed by atoms with Crippen LogP contribution in [0.15, 0.2) is 42.6 Å². The number of rotatable bonds is 2. The molecule has 1 aliphatic heterocycles. The summed E-state index contributed by atoms with van der Waals surface area (Å²) < 4.78 is 7.51. The van der Waals surface area contributed by atoms with Gasteiger partial charge in [-0.2, -0.15) is 5.10 Å². The topological polar surface area (TPSA) is 59.7 Å². The monoisotopic (exact) mass is 392 g/mol. The van der Waals surface area contributed by atoms with Gasteiger partial charge in [-0.05, 0) is 52.7 Å². The molecule has 1 atom stereocenters. The van der Waals surface area contributed by atoms with Gasteiger partial charge in [0.15, 0.2) is 5.65 Å². The molecular formula is C23H28N4O2. The van der Waals surface area contributed by atoms with E-state index in [1.54, 1.807) is 0 Å². The number of nitrogens with zero attached hydrogens (tertiary/aromatic N) is 4. The second-order valence-electron chi connectivity index (χ2n) is 8.80. The number of fused-ring (bicyclic) bond motifs is 1. The molecule has 0 saturated carbocycles. The molecule has 1 aliphatic rings. The molecule has 3 aromatic rings. The highest BCUT2D eigenvalue weighted by Crippen LogP contribution is 2.29. The van der Waals surface area contributed by atoms with Crippen LogP contribution in [0.5, 0.6) is 0 Å². The third-order valence-corrected chi connectivity index (χ3v) is 5.19. The number of hydrogen-bond donors (Lipinski definition) is 0. The van der Waals surface area contributed by atoms with Crippen molar-refractivity contribution < 1.29 is 9.53 Å². The van der Waals surface area contributed by atoms with Crippen LogP contribution in [0, 0.1) is 6.92 Å². The van der Waals surface area contributed by atoms with Gasteiger partial charge in [-0.15, -0.1) is 0 Å². The summed E-state index contributed by atoms with van der Waals surface area (Å²) in [6.45, 7) is 9.14. The van der Waals surface area contributed by atoms with E-state index in [4.69, 9.17) is 9.84 Å². The molecule has 1 aromatic carbocycles. The van der Waals surface area contributed by atoms with Crippen LogP contribution in [0.2, 0.25) is 0 Å². The van der Waals surface area contributed by atoms with Crippen molar-refractivity contribution in [2.45, 2.75) is 52.1 Å². The molecule has 152 valence electrons. The smallest absolute Gasteiger partial charge is 0.410 e. The molecule has 3 heterocycles. The van der Waals surface area contributed by atoms with E-state index >= 15 is 0 Å². The Hall–Kier alpha value is -2.89. The Bertz CT molecular complexity index is 1030. The maximum absolute atomic E-state index is 12.5. The fourth-order valence-corrected chi connectivity index (χ4v) is 3.88. The van der Waals surface area contributed by atoms with Gasteiger partial charge in [0, 0.05) is 36.8 Å². The molecular weight excluding hydrogens is 364 g/mol. The number of benzene rings is 1. The van der Waals surface area contributed by atoms with E-state index in [0.717, 1.165) is 42.0 Å². The van der Waals surface area contributed by atoms with Crippen molar-refractivity contribution in [2.75, 3.05) is 13.1 Å². The van der Waals surface area contributed by atoms with Crippen molar-refractivity contribution in [3.05, 3.63) is 53.9 Å². The number of hydrogen-bond acceptors (Lipinski definition) is 4. The molecule has 1 amide bonds. The molecule has 6 nitrogen and oxygen atoms in total. The van der Waals surface area contributed by atoms with Crippen LogP contribution in [0.1, 0.15) is 50.8 Å². The Morgan fingerprint density at radius 2 is 2.03 bits per heavy atom. The lowest BCUT2D eigenvalue weighted by Gasteiger charge is -2.34. The largest absolute Gasteiger partial charge is 0.444 e. The summed E-state index contributed by atoms with van der Waals surface area (Å²) in [5, 5.41) is 4.85. The summed E-state index contributed by atoms with van der Waals surface area (Å²) in [6, 6.07) is 12.4. The van der Waals surface area contributed by atoms with Gasteiger partial charge in [0.2, 0.25) is 0 Å². The van der Waals surface area contributed by atoms with Crippen LogP contribution in [-0.2, 0) is 4.74 Å². The zero-order valence-corrected chi connectivity index (χ0v) is 17.6. The van der Waals surface area contributed by atoms with Gasteiger partial charge >= 0.3 is 6.09 Å². The van der Waals surface area contributed by atoms with Gasteiger partial charge in [-0.25, -0.2) is 14.3 Å². The predicted molar refractivity (Wildman–Crippen MR) is 113 cm³/mol. The van der Waals surface area contributed by atoms with E-state index in [9.17, 15) is 4.79 Å².